The van der Waals surface area contributed by atoms with Gasteiger partial charge in [-0.2, -0.15) is 0 Å². The average Bonchev–Trinajstić information content (AvgIpc) is 2.67. The fraction of sp³-hybridized carbons (Fsp3) is 0.895. The number of hydrogen-bond donors (Lipinski definition) is 6. The van der Waals surface area contributed by atoms with E-state index in [1.165, 1.54) is 38.5 Å². The van der Waals surface area contributed by atoms with Crippen molar-refractivity contribution in [3.8, 4) is 0 Å². The molecule has 0 aromatic rings. The summed E-state index contributed by atoms with van der Waals surface area (Å²) in [5.41, 5.74) is 0. The Morgan fingerprint density at radius 3 is 1.89 bits per heavy atom. The lowest BCUT2D eigenvalue weighted by molar-refractivity contribution is -0.142. The standard InChI is InChI=1S/C19H38N2O6/c1-2-3-4-5-6-7-8-9-10-11-16(24)20-12-13-21-19(27)18(26)17(25)15(23)14-22/h15,17-18,22-23,25-26H,2-14H2,1H3,(H,20,24)(H,21,27)/t15-,17-,18-/m1/s1. The van der Waals surface area contributed by atoms with Gasteiger partial charge >= 0.3 is 0 Å². The van der Waals surface area contributed by atoms with Crippen molar-refractivity contribution in [3.63, 3.8) is 0 Å². The van der Waals surface area contributed by atoms with Gasteiger partial charge in [-0.05, 0) is 6.42 Å². The summed E-state index contributed by atoms with van der Waals surface area (Å²) in [7, 11) is 0. The van der Waals surface area contributed by atoms with Crippen LogP contribution < -0.4 is 10.6 Å². The Bertz CT molecular complexity index is 394. The van der Waals surface area contributed by atoms with Crippen LogP contribution in [-0.2, 0) is 9.59 Å². The Labute approximate surface area is 162 Å². The van der Waals surface area contributed by atoms with Crippen LogP contribution in [0, 0.1) is 0 Å². The van der Waals surface area contributed by atoms with Gasteiger partial charge in [0.2, 0.25) is 5.91 Å². The predicted octanol–water partition coefficient (Wildman–Crippen LogP) is 0.215. The van der Waals surface area contributed by atoms with E-state index in [0.29, 0.717) is 6.42 Å². The number of amides is 2. The van der Waals surface area contributed by atoms with Crippen LogP contribution in [0.15, 0.2) is 0 Å². The Hall–Kier alpha value is -1.22. The van der Waals surface area contributed by atoms with Gasteiger partial charge in [0.05, 0.1) is 6.61 Å². The zero-order valence-electron chi connectivity index (χ0n) is 16.5. The average molecular weight is 391 g/mol. The van der Waals surface area contributed by atoms with Crippen LogP contribution in [0.5, 0.6) is 0 Å². The van der Waals surface area contributed by atoms with Crippen LogP contribution >= 0.6 is 0 Å². The summed E-state index contributed by atoms with van der Waals surface area (Å²) in [6, 6.07) is 0. The van der Waals surface area contributed by atoms with Crippen molar-refractivity contribution < 1.29 is 30.0 Å². The molecule has 0 aromatic carbocycles. The SMILES string of the molecule is CCCCCCCCCCCC(=O)NCCNC(=O)[C@H](O)[C@H](O)[C@H](O)CO. The summed E-state index contributed by atoms with van der Waals surface area (Å²) < 4.78 is 0. The molecule has 0 heterocycles. The minimum Gasteiger partial charge on any atom is -0.394 e. The van der Waals surface area contributed by atoms with Gasteiger partial charge in [0.1, 0.15) is 12.2 Å². The smallest absolute Gasteiger partial charge is 0.251 e. The third-order valence-corrected chi connectivity index (χ3v) is 4.43. The lowest BCUT2D eigenvalue weighted by Crippen LogP contribution is -2.49. The molecule has 2 amide bonds. The van der Waals surface area contributed by atoms with Crippen LogP contribution in [0.1, 0.15) is 71.1 Å². The Kier molecular flexibility index (Phi) is 16.2. The number of aliphatic hydroxyl groups excluding tert-OH is 4. The largest absolute Gasteiger partial charge is 0.394 e. The highest BCUT2D eigenvalue weighted by atomic mass is 16.4. The minimum absolute atomic E-state index is 0.0801. The molecule has 0 radical (unpaired) electrons. The van der Waals surface area contributed by atoms with Crippen LogP contribution in [0.25, 0.3) is 0 Å². The van der Waals surface area contributed by atoms with E-state index < -0.39 is 30.8 Å². The molecule has 0 bridgehead atoms. The van der Waals surface area contributed by atoms with Crippen LogP contribution in [-0.4, -0.2) is 70.2 Å². The molecule has 8 nitrogen and oxygen atoms in total. The second-order valence-electron chi connectivity index (χ2n) is 6.90. The maximum Gasteiger partial charge on any atom is 0.251 e. The van der Waals surface area contributed by atoms with E-state index in [9.17, 15) is 24.9 Å². The zero-order chi connectivity index (χ0) is 20.5. The molecular formula is C19H38N2O6. The number of unbranched alkanes of at least 4 members (excludes halogenated alkanes) is 8. The van der Waals surface area contributed by atoms with Gasteiger partial charge in [-0.15, -0.1) is 0 Å². The number of aliphatic hydroxyl groups is 4. The van der Waals surface area contributed by atoms with E-state index in [2.05, 4.69) is 17.6 Å². The zero-order valence-corrected chi connectivity index (χ0v) is 16.5. The van der Waals surface area contributed by atoms with Crippen molar-refractivity contribution in [2.24, 2.45) is 0 Å². The quantitative estimate of drug-likeness (QED) is 0.196. The normalized spacial score (nSPS) is 14.4. The fourth-order valence-corrected chi connectivity index (χ4v) is 2.65. The van der Waals surface area contributed by atoms with Gasteiger partial charge in [0.15, 0.2) is 6.10 Å². The molecule has 0 fully saturated rings. The molecule has 0 aliphatic carbocycles. The van der Waals surface area contributed by atoms with E-state index in [-0.39, 0.29) is 19.0 Å². The first-order chi connectivity index (χ1) is 12.9. The minimum atomic E-state index is -1.84. The van der Waals surface area contributed by atoms with E-state index in [1.54, 1.807) is 0 Å². The number of carbonyl (C=O) groups is 2. The molecule has 3 atom stereocenters. The monoisotopic (exact) mass is 390 g/mol. The summed E-state index contributed by atoms with van der Waals surface area (Å²) in [6.07, 6.45) is 5.94. The molecule has 0 rings (SSSR count). The summed E-state index contributed by atoms with van der Waals surface area (Å²) in [5.74, 6) is -0.952. The predicted molar refractivity (Wildman–Crippen MR) is 103 cm³/mol. The first-order valence-electron chi connectivity index (χ1n) is 10.1. The highest BCUT2D eigenvalue weighted by Crippen LogP contribution is 2.10. The second kappa shape index (κ2) is 16.9. The van der Waals surface area contributed by atoms with Crippen molar-refractivity contribution >= 4 is 11.8 Å². The maximum absolute atomic E-state index is 11.7. The van der Waals surface area contributed by atoms with Crippen LogP contribution in [0.3, 0.4) is 0 Å². The number of hydrogen-bond acceptors (Lipinski definition) is 6. The molecular weight excluding hydrogens is 352 g/mol. The fourth-order valence-electron chi connectivity index (χ4n) is 2.65. The Balaban J connectivity index is 3.59. The summed E-state index contributed by atoms with van der Waals surface area (Å²) in [5, 5.41) is 41.8. The molecule has 8 heteroatoms. The summed E-state index contributed by atoms with van der Waals surface area (Å²) in [4.78, 5) is 23.3. The van der Waals surface area contributed by atoms with Gasteiger partial charge in [-0.3, -0.25) is 9.59 Å². The summed E-state index contributed by atoms with van der Waals surface area (Å²) in [6.45, 7) is 1.76. The van der Waals surface area contributed by atoms with Crippen LogP contribution in [0.4, 0.5) is 0 Å². The topological polar surface area (TPSA) is 139 Å². The highest BCUT2D eigenvalue weighted by molar-refractivity contribution is 5.81. The van der Waals surface area contributed by atoms with Gasteiger partial charge in [-0.25, -0.2) is 0 Å². The van der Waals surface area contributed by atoms with E-state index in [0.717, 1.165) is 19.3 Å². The van der Waals surface area contributed by atoms with Crippen molar-refractivity contribution in [3.05, 3.63) is 0 Å². The third kappa shape index (κ3) is 13.6. The van der Waals surface area contributed by atoms with Crippen molar-refractivity contribution in [2.75, 3.05) is 19.7 Å². The van der Waals surface area contributed by atoms with Crippen molar-refractivity contribution in [1.29, 1.82) is 0 Å². The van der Waals surface area contributed by atoms with E-state index in [1.807, 2.05) is 0 Å². The second-order valence-corrected chi connectivity index (χ2v) is 6.90. The van der Waals surface area contributed by atoms with Gasteiger partial charge < -0.3 is 31.1 Å². The molecule has 160 valence electrons. The first-order valence-corrected chi connectivity index (χ1v) is 10.1. The molecule has 0 saturated carbocycles. The van der Waals surface area contributed by atoms with Crippen LogP contribution in [0.2, 0.25) is 0 Å². The molecule has 0 aromatic heterocycles. The molecule has 0 aliphatic rings. The molecule has 0 unspecified atom stereocenters. The number of nitrogens with one attached hydrogen (secondary N) is 2. The van der Waals surface area contributed by atoms with Gasteiger partial charge in [0.25, 0.3) is 5.91 Å². The maximum atomic E-state index is 11.7. The lowest BCUT2D eigenvalue weighted by atomic mass is 10.1. The summed E-state index contributed by atoms with van der Waals surface area (Å²) >= 11 is 0. The Morgan fingerprint density at radius 1 is 0.815 bits per heavy atom. The molecule has 0 saturated heterocycles. The van der Waals surface area contributed by atoms with Crippen molar-refractivity contribution in [2.45, 2.75) is 89.4 Å². The van der Waals surface area contributed by atoms with Crippen molar-refractivity contribution in [1.82, 2.24) is 10.6 Å². The third-order valence-electron chi connectivity index (χ3n) is 4.43. The molecule has 27 heavy (non-hydrogen) atoms. The number of rotatable bonds is 17. The Morgan fingerprint density at radius 2 is 1.33 bits per heavy atom. The van der Waals surface area contributed by atoms with Gasteiger partial charge in [0, 0.05) is 19.5 Å². The first kappa shape index (κ1) is 25.8. The molecule has 0 aliphatic heterocycles. The van der Waals surface area contributed by atoms with Gasteiger partial charge in [-0.1, -0.05) is 58.3 Å². The van der Waals surface area contributed by atoms with E-state index in [4.69, 9.17) is 5.11 Å². The molecule has 0 spiro atoms. The number of carbonyl (C=O) groups excluding carboxylic acids is 2. The molecule has 6 N–H and O–H groups in total. The van der Waals surface area contributed by atoms with E-state index >= 15 is 0 Å². The lowest BCUT2D eigenvalue weighted by Gasteiger charge is -2.20. The highest BCUT2D eigenvalue weighted by Gasteiger charge is 2.29.